The lowest BCUT2D eigenvalue weighted by Gasteiger charge is -2.27. The minimum absolute atomic E-state index is 0.210. The molecule has 0 unspecified atom stereocenters. The zero-order chi connectivity index (χ0) is 14.8. The average Bonchev–Trinajstić information content (AvgIpc) is 3.30. The molecule has 2 fully saturated rings. The molecule has 2 atom stereocenters. The van der Waals surface area contributed by atoms with E-state index in [1.807, 2.05) is 30.3 Å². The van der Waals surface area contributed by atoms with E-state index in [0.717, 1.165) is 25.3 Å². The van der Waals surface area contributed by atoms with E-state index in [-0.39, 0.29) is 6.04 Å². The van der Waals surface area contributed by atoms with Gasteiger partial charge in [0.15, 0.2) is 0 Å². The monoisotopic (exact) mass is 300 g/mol. The van der Waals surface area contributed by atoms with Gasteiger partial charge in [-0.3, -0.25) is 4.90 Å². The minimum Gasteiger partial charge on any atom is -0.378 e. The van der Waals surface area contributed by atoms with Crippen molar-refractivity contribution >= 4 is 6.01 Å². The summed E-state index contributed by atoms with van der Waals surface area (Å²) in [5, 5.41) is 7.40. The third-order valence-corrected chi connectivity index (χ3v) is 4.43. The highest BCUT2D eigenvalue weighted by Crippen LogP contribution is 2.23. The van der Waals surface area contributed by atoms with Crippen molar-refractivity contribution < 1.29 is 9.26 Å². The molecule has 116 valence electrons. The normalized spacial score (nSPS) is 25.6. The standard InChI is InChI=1S/C16H20N4O2/c1-2-6-12(7-3-1)15-18-16(22-19-15)17-13-10-21-11-14(13)20-8-4-5-9-20/h1-3,6-7,13-14H,4-5,8-11H2,(H,17,18,19)/t13-,14-/m0/s1. The van der Waals surface area contributed by atoms with E-state index in [1.165, 1.54) is 12.8 Å². The molecule has 22 heavy (non-hydrogen) atoms. The predicted molar refractivity (Wildman–Crippen MR) is 82.6 cm³/mol. The highest BCUT2D eigenvalue weighted by atomic mass is 16.5. The van der Waals surface area contributed by atoms with Crippen LogP contribution in [0, 0.1) is 0 Å². The van der Waals surface area contributed by atoms with Crippen LogP contribution in [0.3, 0.4) is 0 Å². The Balaban J connectivity index is 1.46. The van der Waals surface area contributed by atoms with Gasteiger partial charge in [0, 0.05) is 5.56 Å². The number of anilines is 1. The largest absolute Gasteiger partial charge is 0.378 e. The molecule has 0 amide bonds. The Kier molecular flexibility index (Phi) is 3.78. The summed E-state index contributed by atoms with van der Waals surface area (Å²) in [5.41, 5.74) is 0.957. The molecule has 2 aromatic rings. The van der Waals surface area contributed by atoms with Gasteiger partial charge in [0.2, 0.25) is 5.82 Å². The maximum Gasteiger partial charge on any atom is 0.322 e. The van der Waals surface area contributed by atoms with Crippen molar-refractivity contribution in [3.63, 3.8) is 0 Å². The third kappa shape index (κ3) is 2.71. The van der Waals surface area contributed by atoms with Crippen LogP contribution >= 0.6 is 0 Å². The van der Waals surface area contributed by atoms with Crippen LogP contribution < -0.4 is 5.32 Å². The maximum absolute atomic E-state index is 5.65. The van der Waals surface area contributed by atoms with Crippen LogP contribution in [0.4, 0.5) is 6.01 Å². The first-order chi connectivity index (χ1) is 10.9. The second-order valence-electron chi connectivity index (χ2n) is 5.89. The zero-order valence-corrected chi connectivity index (χ0v) is 12.4. The van der Waals surface area contributed by atoms with E-state index in [1.54, 1.807) is 0 Å². The number of likely N-dealkylation sites (tertiary alicyclic amines) is 1. The molecule has 0 radical (unpaired) electrons. The lowest BCUT2D eigenvalue weighted by atomic mass is 10.1. The van der Waals surface area contributed by atoms with E-state index in [2.05, 4.69) is 20.4 Å². The number of nitrogens with one attached hydrogen (secondary N) is 1. The fourth-order valence-corrected chi connectivity index (χ4v) is 3.26. The first-order valence-electron chi connectivity index (χ1n) is 7.87. The van der Waals surface area contributed by atoms with E-state index in [4.69, 9.17) is 9.26 Å². The zero-order valence-electron chi connectivity index (χ0n) is 12.4. The summed E-state index contributed by atoms with van der Waals surface area (Å²) < 4.78 is 11.0. The van der Waals surface area contributed by atoms with Crippen LogP contribution in [-0.4, -0.2) is 53.4 Å². The van der Waals surface area contributed by atoms with E-state index in [9.17, 15) is 0 Å². The van der Waals surface area contributed by atoms with E-state index < -0.39 is 0 Å². The number of aromatic nitrogens is 2. The first-order valence-corrected chi connectivity index (χ1v) is 7.87. The van der Waals surface area contributed by atoms with Gasteiger partial charge in [-0.2, -0.15) is 4.98 Å². The molecule has 0 saturated carbocycles. The predicted octanol–water partition coefficient (Wildman–Crippen LogP) is 2.01. The van der Waals surface area contributed by atoms with Crippen LogP contribution in [0.1, 0.15) is 12.8 Å². The fraction of sp³-hybridized carbons (Fsp3) is 0.500. The van der Waals surface area contributed by atoms with Crippen LogP contribution in [0.2, 0.25) is 0 Å². The van der Waals surface area contributed by atoms with Gasteiger partial charge >= 0.3 is 6.01 Å². The molecular weight excluding hydrogens is 280 g/mol. The number of nitrogens with zero attached hydrogens (tertiary/aromatic N) is 3. The molecule has 2 saturated heterocycles. The van der Waals surface area contributed by atoms with Crippen molar-refractivity contribution in [1.82, 2.24) is 15.0 Å². The van der Waals surface area contributed by atoms with Gasteiger partial charge in [0.25, 0.3) is 0 Å². The second kappa shape index (κ2) is 6.06. The fourth-order valence-electron chi connectivity index (χ4n) is 3.26. The summed E-state index contributed by atoms with van der Waals surface area (Å²) >= 11 is 0. The van der Waals surface area contributed by atoms with Crippen molar-refractivity contribution in [2.45, 2.75) is 24.9 Å². The summed E-state index contributed by atoms with van der Waals surface area (Å²) in [5.74, 6) is 0.611. The molecule has 0 aliphatic carbocycles. The van der Waals surface area contributed by atoms with Gasteiger partial charge in [-0.15, -0.1) is 0 Å². The molecule has 1 aromatic carbocycles. The molecule has 1 N–H and O–H groups in total. The first kappa shape index (κ1) is 13.7. The molecule has 4 rings (SSSR count). The van der Waals surface area contributed by atoms with Crippen molar-refractivity contribution in [2.75, 3.05) is 31.6 Å². The van der Waals surface area contributed by atoms with E-state index in [0.29, 0.717) is 24.5 Å². The lowest BCUT2D eigenvalue weighted by Crippen LogP contribution is -2.44. The summed E-state index contributed by atoms with van der Waals surface area (Å²) in [4.78, 5) is 6.94. The number of rotatable bonds is 4. The molecule has 2 aliphatic rings. The van der Waals surface area contributed by atoms with Gasteiger partial charge in [0.1, 0.15) is 0 Å². The Hall–Kier alpha value is -1.92. The van der Waals surface area contributed by atoms with Gasteiger partial charge in [-0.05, 0) is 25.9 Å². The number of ether oxygens (including phenoxy) is 1. The molecule has 6 heteroatoms. The number of hydrogen-bond acceptors (Lipinski definition) is 6. The minimum atomic E-state index is 0.210. The smallest absolute Gasteiger partial charge is 0.322 e. The summed E-state index contributed by atoms with van der Waals surface area (Å²) in [6.45, 7) is 3.78. The second-order valence-corrected chi connectivity index (χ2v) is 5.89. The lowest BCUT2D eigenvalue weighted by molar-refractivity contribution is 0.159. The molecular formula is C16H20N4O2. The highest BCUT2D eigenvalue weighted by molar-refractivity contribution is 5.55. The van der Waals surface area contributed by atoms with Gasteiger partial charge < -0.3 is 14.6 Å². The summed E-state index contributed by atoms with van der Waals surface area (Å²) in [6.07, 6.45) is 2.56. The molecule has 1 aromatic heterocycles. The molecule has 2 aliphatic heterocycles. The molecule has 0 spiro atoms. The van der Waals surface area contributed by atoms with Crippen LogP contribution in [0.15, 0.2) is 34.9 Å². The summed E-state index contributed by atoms with van der Waals surface area (Å²) in [7, 11) is 0. The molecule has 3 heterocycles. The number of hydrogen-bond donors (Lipinski definition) is 1. The summed E-state index contributed by atoms with van der Waals surface area (Å²) in [6, 6.07) is 10.9. The third-order valence-electron chi connectivity index (χ3n) is 4.43. The Morgan fingerprint density at radius 3 is 2.73 bits per heavy atom. The Bertz CT molecular complexity index is 610. The van der Waals surface area contributed by atoms with Crippen molar-refractivity contribution in [3.05, 3.63) is 30.3 Å². The van der Waals surface area contributed by atoms with E-state index >= 15 is 0 Å². The van der Waals surface area contributed by atoms with Crippen molar-refractivity contribution in [2.24, 2.45) is 0 Å². The maximum atomic E-state index is 5.65. The van der Waals surface area contributed by atoms with Gasteiger partial charge in [0.05, 0.1) is 25.3 Å². The molecule has 6 nitrogen and oxygen atoms in total. The number of benzene rings is 1. The van der Waals surface area contributed by atoms with Gasteiger partial charge in [-0.1, -0.05) is 35.5 Å². The Morgan fingerprint density at radius 1 is 1.09 bits per heavy atom. The quantitative estimate of drug-likeness (QED) is 0.932. The van der Waals surface area contributed by atoms with Crippen LogP contribution in [0.5, 0.6) is 0 Å². The topological polar surface area (TPSA) is 63.4 Å². The van der Waals surface area contributed by atoms with Crippen LogP contribution in [0.25, 0.3) is 11.4 Å². The Labute approximate surface area is 129 Å². The molecule has 0 bridgehead atoms. The van der Waals surface area contributed by atoms with Crippen molar-refractivity contribution in [3.8, 4) is 11.4 Å². The average molecular weight is 300 g/mol. The SMILES string of the molecule is c1ccc(-c2noc(N[C@H]3COC[C@@H]3N3CCCC3)n2)cc1. The highest BCUT2D eigenvalue weighted by Gasteiger charge is 2.35. The van der Waals surface area contributed by atoms with Gasteiger partial charge in [-0.25, -0.2) is 0 Å². The Morgan fingerprint density at radius 2 is 1.91 bits per heavy atom. The van der Waals surface area contributed by atoms with Crippen molar-refractivity contribution in [1.29, 1.82) is 0 Å². The van der Waals surface area contributed by atoms with Crippen LogP contribution in [-0.2, 0) is 4.74 Å².